The number of aromatic nitrogens is 2. The van der Waals surface area contributed by atoms with Gasteiger partial charge in [-0.3, -0.25) is 14.6 Å². The third-order valence-corrected chi connectivity index (χ3v) is 2.60. The van der Waals surface area contributed by atoms with Crippen LogP contribution in [0.15, 0.2) is 27.9 Å². The second-order valence-corrected chi connectivity index (χ2v) is 4.26. The molecule has 19 heavy (non-hydrogen) atoms. The van der Waals surface area contributed by atoms with Crippen LogP contribution in [0.1, 0.15) is 11.1 Å². The highest BCUT2D eigenvalue weighted by Gasteiger charge is 1.99. The van der Waals surface area contributed by atoms with Gasteiger partial charge in [-0.25, -0.2) is 0 Å². The monoisotopic (exact) mass is 284 g/mol. The molecule has 2 rings (SSSR count). The summed E-state index contributed by atoms with van der Waals surface area (Å²) in [4.78, 5) is 25.6. The largest absolute Gasteiger partial charge is 0.503 e. The van der Waals surface area contributed by atoms with Gasteiger partial charge in [0.25, 0.3) is 11.1 Å². The summed E-state index contributed by atoms with van der Waals surface area (Å²) in [5.41, 5.74) is 0.737. The SMILES string of the molecule is Cc1cc(=O)[nH]c(O)c1C.O=c1[nH]cc(Cl)cc1O. The molecule has 0 amide bonds. The topological polar surface area (TPSA) is 106 Å². The van der Waals surface area contributed by atoms with E-state index in [0.717, 1.165) is 11.1 Å². The first-order valence-electron chi connectivity index (χ1n) is 5.28. The molecule has 0 bridgehead atoms. The number of aryl methyl sites for hydroxylation is 1. The first-order valence-corrected chi connectivity index (χ1v) is 5.65. The number of nitrogens with one attached hydrogen (secondary N) is 2. The number of H-pyrrole nitrogens is 2. The predicted molar refractivity (Wildman–Crippen MR) is 71.9 cm³/mol. The summed E-state index contributed by atoms with van der Waals surface area (Å²) in [6.45, 7) is 3.53. The van der Waals surface area contributed by atoms with Crippen molar-refractivity contribution in [2.75, 3.05) is 0 Å². The van der Waals surface area contributed by atoms with Gasteiger partial charge in [-0.2, -0.15) is 0 Å². The lowest BCUT2D eigenvalue weighted by atomic mass is 10.2. The van der Waals surface area contributed by atoms with E-state index in [2.05, 4.69) is 9.97 Å². The lowest BCUT2D eigenvalue weighted by Crippen LogP contribution is -2.05. The number of rotatable bonds is 0. The fraction of sp³-hybridized carbons (Fsp3) is 0.167. The van der Waals surface area contributed by atoms with Crippen LogP contribution < -0.4 is 11.1 Å². The Hall–Kier alpha value is -2.21. The van der Waals surface area contributed by atoms with Crippen molar-refractivity contribution in [2.45, 2.75) is 13.8 Å². The fourth-order valence-corrected chi connectivity index (χ4v) is 1.34. The zero-order chi connectivity index (χ0) is 14.6. The Morgan fingerprint density at radius 2 is 1.79 bits per heavy atom. The van der Waals surface area contributed by atoms with Crippen LogP contribution in [0.3, 0.4) is 0 Å². The molecule has 2 aromatic rings. The highest BCUT2D eigenvalue weighted by atomic mass is 35.5. The molecule has 0 saturated carbocycles. The van der Waals surface area contributed by atoms with Crippen molar-refractivity contribution in [1.82, 2.24) is 9.97 Å². The lowest BCUT2D eigenvalue weighted by molar-refractivity contribution is 0.446. The average molecular weight is 285 g/mol. The van der Waals surface area contributed by atoms with E-state index in [1.807, 2.05) is 0 Å². The number of aromatic amines is 2. The molecule has 0 aliphatic carbocycles. The summed E-state index contributed by atoms with van der Waals surface area (Å²) in [6, 6.07) is 2.63. The average Bonchev–Trinajstić information content (AvgIpc) is 2.32. The van der Waals surface area contributed by atoms with Gasteiger partial charge in [0.2, 0.25) is 0 Å². The van der Waals surface area contributed by atoms with E-state index in [0.29, 0.717) is 5.02 Å². The van der Waals surface area contributed by atoms with Crippen LogP contribution >= 0.6 is 11.6 Å². The van der Waals surface area contributed by atoms with Crippen molar-refractivity contribution in [2.24, 2.45) is 0 Å². The summed E-state index contributed by atoms with van der Waals surface area (Å²) in [5.74, 6) is -0.396. The molecule has 2 aromatic heterocycles. The Morgan fingerprint density at radius 3 is 2.26 bits per heavy atom. The second-order valence-electron chi connectivity index (χ2n) is 3.82. The maximum Gasteiger partial charge on any atom is 0.290 e. The molecule has 0 fully saturated rings. The molecule has 0 saturated heterocycles. The van der Waals surface area contributed by atoms with E-state index in [1.165, 1.54) is 18.3 Å². The van der Waals surface area contributed by atoms with E-state index < -0.39 is 5.56 Å². The fourth-order valence-electron chi connectivity index (χ4n) is 1.18. The zero-order valence-corrected chi connectivity index (χ0v) is 11.1. The molecule has 0 radical (unpaired) electrons. The molecule has 0 aliphatic heterocycles. The normalized spacial score (nSPS) is 9.63. The van der Waals surface area contributed by atoms with Crippen molar-refractivity contribution in [3.8, 4) is 11.6 Å². The smallest absolute Gasteiger partial charge is 0.290 e. The molecule has 7 heteroatoms. The quantitative estimate of drug-likeness (QED) is 0.587. The summed E-state index contributed by atoms with van der Waals surface area (Å²) in [6.07, 6.45) is 1.31. The van der Waals surface area contributed by atoms with Gasteiger partial charge >= 0.3 is 0 Å². The Morgan fingerprint density at radius 1 is 1.16 bits per heavy atom. The third kappa shape index (κ3) is 4.18. The van der Waals surface area contributed by atoms with Crippen LogP contribution in [0.2, 0.25) is 5.02 Å². The molecule has 0 atom stereocenters. The third-order valence-electron chi connectivity index (χ3n) is 2.38. The van der Waals surface area contributed by atoms with Crippen molar-refractivity contribution in [3.05, 3.63) is 55.2 Å². The Balaban J connectivity index is 0.000000191. The standard InChI is InChI=1S/C7H9NO2.C5H4ClNO2/c1-4-3-6(9)8-7(10)5(4)2;6-3-1-4(8)5(9)7-2-3/h3H,1-2H3,(H2,8,9,10);1-2,8H,(H,7,9). The summed E-state index contributed by atoms with van der Waals surface area (Å²) >= 11 is 5.39. The van der Waals surface area contributed by atoms with Crippen molar-refractivity contribution >= 4 is 11.6 Å². The van der Waals surface area contributed by atoms with Crippen LogP contribution in [0, 0.1) is 13.8 Å². The van der Waals surface area contributed by atoms with Gasteiger partial charge in [0, 0.05) is 23.9 Å². The van der Waals surface area contributed by atoms with Gasteiger partial charge in [0.15, 0.2) is 11.6 Å². The zero-order valence-electron chi connectivity index (χ0n) is 10.3. The van der Waals surface area contributed by atoms with E-state index in [-0.39, 0.29) is 17.2 Å². The van der Waals surface area contributed by atoms with Gasteiger partial charge in [-0.1, -0.05) is 11.6 Å². The Bertz CT molecular complexity index is 665. The number of hydrogen-bond donors (Lipinski definition) is 4. The Labute approximate surface area is 113 Å². The van der Waals surface area contributed by atoms with Gasteiger partial charge in [-0.15, -0.1) is 0 Å². The predicted octanol–water partition coefficient (Wildman–Crippen LogP) is 1.43. The van der Waals surface area contributed by atoms with Crippen molar-refractivity contribution < 1.29 is 10.2 Å². The van der Waals surface area contributed by atoms with Crippen LogP contribution in [0.4, 0.5) is 0 Å². The van der Waals surface area contributed by atoms with Crippen LogP contribution in [0.5, 0.6) is 11.6 Å². The molecule has 4 N–H and O–H groups in total. The summed E-state index contributed by atoms with van der Waals surface area (Å²) in [7, 11) is 0. The first-order chi connectivity index (χ1) is 8.81. The van der Waals surface area contributed by atoms with Crippen LogP contribution in [0.25, 0.3) is 0 Å². The number of pyridine rings is 2. The van der Waals surface area contributed by atoms with Gasteiger partial charge in [-0.05, 0) is 19.4 Å². The maximum atomic E-state index is 10.6. The molecule has 102 valence electrons. The van der Waals surface area contributed by atoms with E-state index in [4.69, 9.17) is 21.8 Å². The minimum Gasteiger partial charge on any atom is -0.503 e. The highest BCUT2D eigenvalue weighted by Crippen LogP contribution is 2.12. The molecule has 0 spiro atoms. The second kappa shape index (κ2) is 6.10. The Kier molecular flexibility index (Phi) is 4.77. The molecular formula is C12H13ClN2O4. The van der Waals surface area contributed by atoms with E-state index in [9.17, 15) is 9.59 Å². The molecule has 6 nitrogen and oxygen atoms in total. The van der Waals surface area contributed by atoms with Gasteiger partial charge in [0.1, 0.15) is 0 Å². The highest BCUT2D eigenvalue weighted by molar-refractivity contribution is 6.30. The number of hydrogen-bond acceptors (Lipinski definition) is 4. The van der Waals surface area contributed by atoms with Crippen LogP contribution in [-0.4, -0.2) is 20.2 Å². The van der Waals surface area contributed by atoms with Crippen molar-refractivity contribution in [1.29, 1.82) is 0 Å². The van der Waals surface area contributed by atoms with Crippen molar-refractivity contribution in [3.63, 3.8) is 0 Å². The maximum absolute atomic E-state index is 10.6. The minimum atomic E-state index is -0.528. The van der Waals surface area contributed by atoms with E-state index >= 15 is 0 Å². The minimum absolute atomic E-state index is 0.0370. The van der Waals surface area contributed by atoms with Gasteiger partial charge < -0.3 is 15.2 Å². The molecule has 0 unspecified atom stereocenters. The van der Waals surface area contributed by atoms with Gasteiger partial charge in [0.05, 0.1) is 5.02 Å². The molecule has 2 heterocycles. The number of aromatic hydroxyl groups is 2. The lowest BCUT2D eigenvalue weighted by Gasteiger charge is -1.99. The molecule has 0 aliphatic rings. The number of halogens is 1. The summed E-state index contributed by atoms with van der Waals surface area (Å²) in [5, 5.41) is 18.0. The summed E-state index contributed by atoms with van der Waals surface area (Å²) < 4.78 is 0. The molecule has 0 aromatic carbocycles. The first kappa shape index (κ1) is 14.8. The van der Waals surface area contributed by atoms with Crippen LogP contribution in [-0.2, 0) is 0 Å². The molecular weight excluding hydrogens is 272 g/mol. The van der Waals surface area contributed by atoms with E-state index in [1.54, 1.807) is 13.8 Å².